The van der Waals surface area contributed by atoms with Gasteiger partial charge in [-0.2, -0.15) is 0 Å². The van der Waals surface area contributed by atoms with E-state index < -0.39 is 0 Å². The summed E-state index contributed by atoms with van der Waals surface area (Å²) in [6.07, 6.45) is 0. The van der Waals surface area contributed by atoms with Crippen LogP contribution >= 0.6 is 0 Å². The summed E-state index contributed by atoms with van der Waals surface area (Å²) in [7, 11) is 0. The Morgan fingerprint density at radius 3 is 2.64 bits per heavy atom. The van der Waals surface area contributed by atoms with E-state index in [1.54, 1.807) is 19.1 Å². The van der Waals surface area contributed by atoms with E-state index >= 15 is 0 Å². The first-order valence-corrected chi connectivity index (χ1v) is 7.30. The third kappa shape index (κ3) is 2.93. The normalized spacial score (nSPS) is 10.4. The Balaban J connectivity index is 1.92. The Labute approximate surface area is 129 Å². The molecule has 0 amide bonds. The van der Waals surface area contributed by atoms with Crippen LogP contribution in [-0.2, 0) is 4.74 Å². The minimum absolute atomic E-state index is 0.302. The topological polar surface area (TPSA) is 38.3 Å². The maximum Gasteiger partial charge on any atom is 0.338 e. The first kappa shape index (κ1) is 14.1. The summed E-state index contributed by atoms with van der Waals surface area (Å²) >= 11 is 0. The van der Waals surface area contributed by atoms with Crippen LogP contribution in [0.4, 0.5) is 11.4 Å². The summed E-state index contributed by atoms with van der Waals surface area (Å²) in [5, 5.41) is 5.70. The van der Waals surface area contributed by atoms with E-state index in [1.807, 2.05) is 36.4 Å². The molecule has 110 valence electrons. The van der Waals surface area contributed by atoms with Crippen LogP contribution in [0.15, 0.2) is 66.7 Å². The van der Waals surface area contributed by atoms with Gasteiger partial charge in [-0.3, -0.25) is 0 Å². The van der Waals surface area contributed by atoms with Crippen LogP contribution < -0.4 is 5.32 Å². The van der Waals surface area contributed by atoms with E-state index in [-0.39, 0.29) is 5.97 Å². The van der Waals surface area contributed by atoms with Crippen molar-refractivity contribution >= 4 is 28.1 Å². The number of fused-ring (bicyclic) bond motifs is 1. The van der Waals surface area contributed by atoms with Gasteiger partial charge in [-0.05, 0) is 36.6 Å². The maximum atomic E-state index is 11.8. The number of carbonyl (C=O) groups is 1. The quantitative estimate of drug-likeness (QED) is 0.704. The molecule has 0 radical (unpaired) electrons. The van der Waals surface area contributed by atoms with Crippen molar-refractivity contribution in [2.45, 2.75) is 6.92 Å². The third-order valence-corrected chi connectivity index (χ3v) is 3.44. The molecule has 0 bridgehead atoms. The van der Waals surface area contributed by atoms with Crippen molar-refractivity contribution in [3.63, 3.8) is 0 Å². The van der Waals surface area contributed by atoms with Gasteiger partial charge in [-0.25, -0.2) is 4.79 Å². The molecule has 0 spiro atoms. The number of hydrogen-bond acceptors (Lipinski definition) is 3. The number of nitrogens with one attached hydrogen (secondary N) is 1. The Hall–Kier alpha value is -2.81. The van der Waals surface area contributed by atoms with Gasteiger partial charge in [0, 0.05) is 16.8 Å². The average molecular weight is 291 g/mol. The summed E-state index contributed by atoms with van der Waals surface area (Å²) in [6, 6.07) is 21.7. The zero-order valence-electron chi connectivity index (χ0n) is 12.4. The van der Waals surface area contributed by atoms with Gasteiger partial charge >= 0.3 is 5.97 Å². The molecule has 0 unspecified atom stereocenters. The SMILES string of the molecule is CCOC(=O)c1cccc(Nc2cccc3ccccc23)c1. The molecule has 0 saturated heterocycles. The van der Waals surface area contributed by atoms with Crippen LogP contribution in [0, 0.1) is 0 Å². The number of rotatable bonds is 4. The van der Waals surface area contributed by atoms with Crippen LogP contribution in [-0.4, -0.2) is 12.6 Å². The molecule has 3 heteroatoms. The van der Waals surface area contributed by atoms with Gasteiger partial charge in [0.05, 0.1) is 12.2 Å². The summed E-state index contributed by atoms with van der Waals surface area (Å²) in [5.74, 6) is -0.302. The Morgan fingerprint density at radius 1 is 1.00 bits per heavy atom. The number of ether oxygens (including phenoxy) is 1. The Bertz CT molecular complexity index is 806. The average Bonchev–Trinajstić information content (AvgIpc) is 2.56. The molecule has 0 fully saturated rings. The van der Waals surface area contributed by atoms with E-state index in [0.717, 1.165) is 16.8 Å². The summed E-state index contributed by atoms with van der Waals surface area (Å²) in [4.78, 5) is 11.8. The second-order valence-corrected chi connectivity index (χ2v) is 4.95. The molecule has 22 heavy (non-hydrogen) atoms. The highest BCUT2D eigenvalue weighted by molar-refractivity contribution is 5.96. The largest absolute Gasteiger partial charge is 0.462 e. The highest BCUT2D eigenvalue weighted by Gasteiger charge is 2.07. The highest BCUT2D eigenvalue weighted by Crippen LogP contribution is 2.26. The molecule has 0 aromatic heterocycles. The molecule has 0 aliphatic rings. The molecule has 3 aromatic rings. The standard InChI is InChI=1S/C19H17NO2/c1-2-22-19(21)15-9-5-10-16(13-15)20-18-12-6-8-14-7-3-4-11-17(14)18/h3-13,20H,2H2,1H3. The van der Waals surface area contributed by atoms with Gasteiger partial charge in [-0.15, -0.1) is 0 Å². The van der Waals surface area contributed by atoms with Crippen molar-refractivity contribution < 1.29 is 9.53 Å². The fraction of sp³-hybridized carbons (Fsp3) is 0.105. The number of carbonyl (C=O) groups excluding carboxylic acids is 1. The van der Waals surface area contributed by atoms with Crippen LogP contribution in [0.1, 0.15) is 17.3 Å². The molecule has 3 rings (SSSR count). The Morgan fingerprint density at radius 2 is 1.77 bits per heavy atom. The van der Waals surface area contributed by atoms with Crippen molar-refractivity contribution in [2.24, 2.45) is 0 Å². The summed E-state index contributed by atoms with van der Waals surface area (Å²) in [5.41, 5.74) is 2.42. The van der Waals surface area contributed by atoms with E-state index in [0.29, 0.717) is 12.2 Å². The monoisotopic (exact) mass is 291 g/mol. The third-order valence-electron chi connectivity index (χ3n) is 3.44. The smallest absolute Gasteiger partial charge is 0.338 e. The number of esters is 1. The molecule has 0 aliphatic heterocycles. The van der Waals surface area contributed by atoms with Crippen LogP contribution in [0.5, 0.6) is 0 Å². The lowest BCUT2D eigenvalue weighted by Crippen LogP contribution is -2.04. The molecule has 0 aliphatic carbocycles. The van der Waals surface area contributed by atoms with Crippen molar-refractivity contribution in [3.05, 3.63) is 72.3 Å². The van der Waals surface area contributed by atoms with Gasteiger partial charge in [-0.1, -0.05) is 42.5 Å². The molecule has 0 heterocycles. The second kappa shape index (κ2) is 6.31. The molecular weight excluding hydrogens is 274 g/mol. The van der Waals surface area contributed by atoms with Crippen molar-refractivity contribution in [3.8, 4) is 0 Å². The first-order valence-electron chi connectivity index (χ1n) is 7.30. The van der Waals surface area contributed by atoms with Gasteiger partial charge in [0.25, 0.3) is 0 Å². The molecule has 0 atom stereocenters. The predicted molar refractivity (Wildman–Crippen MR) is 89.6 cm³/mol. The second-order valence-electron chi connectivity index (χ2n) is 4.95. The first-order chi connectivity index (χ1) is 10.8. The number of benzene rings is 3. The maximum absolute atomic E-state index is 11.8. The van der Waals surface area contributed by atoms with Crippen LogP contribution in [0.25, 0.3) is 10.8 Å². The Kier molecular flexibility index (Phi) is 4.05. The van der Waals surface area contributed by atoms with E-state index in [1.165, 1.54) is 5.39 Å². The lowest BCUT2D eigenvalue weighted by Gasteiger charge is -2.11. The zero-order chi connectivity index (χ0) is 15.4. The number of hydrogen-bond donors (Lipinski definition) is 1. The van der Waals surface area contributed by atoms with Crippen molar-refractivity contribution in [1.29, 1.82) is 0 Å². The van der Waals surface area contributed by atoms with E-state index in [2.05, 4.69) is 23.5 Å². The molecule has 1 N–H and O–H groups in total. The fourth-order valence-electron chi connectivity index (χ4n) is 2.43. The lowest BCUT2D eigenvalue weighted by molar-refractivity contribution is 0.0526. The van der Waals surface area contributed by atoms with Gasteiger partial charge in [0.15, 0.2) is 0 Å². The van der Waals surface area contributed by atoms with E-state index in [9.17, 15) is 4.79 Å². The molecule has 3 aromatic carbocycles. The minimum atomic E-state index is -0.302. The molecular formula is C19H17NO2. The zero-order valence-corrected chi connectivity index (χ0v) is 12.4. The molecule has 3 nitrogen and oxygen atoms in total. The summed E-state index contributed by atoms with van der Waals surface area (Å²) in [6.45, 7) is 2.18. The van der Waals surface area contributed by atoms with Crippen molar-refractivity contribution in [1.82, 2.24) is 0 Å². The van der Waals surface area contributed by atoms with Crippen LogP contribution in [0.2, 0.25) is 0 Å². The lowest BCUT2D eigenvalue weighted by atomic mass is 10.1. The highest BCUT2D eigenvalue weighted by atomic mass is 16.5. The van der Waals surface area contributed by atoms with Gasteiger partial charge in [0.2, 0.25) is 0 Å². The predicted octanol–water partition coefficient (Wildman–Crippen LogP) is 4.76. The van der Waals surface area contributed by atoms with Gasteiger partial charge in [0.1, 0.15) is 0 Å². The van der Waals surface area contributed by atoms with Crippen LogP contribution in [0.3, 0.4) is 0 Å². The fourth-order valence-corrected chi connectivity index (χ4v) is 2.43. The van der Waals surface area contributed by atoms with Crippen molar-refractivity contribution in [2.75, 3.05) is 11.9 Å². The summed E-state index contributed by atoms with van der Waals surface area (Å²) < 4.78 is 5.04. The number of anilines is 2. The molecule has 0 saturated carbocycles. The van der Waals surface area contributed by atoms with E-state index in [4.69, 9.17) is 4.74 Å². The van der Waals surface area contributed by atoms with Gasteiger partial charge < -0.3 is 10.1 Å². The minimum Gasteiger partial charge on any atom is -0.462 e.